The maximum atomic E-state index is 11.5. The summed E-state index contributed by atoms with van der Waals surface area (Å²) in [5, 5.41) is 6.18. The highest BCUT2D eigenvalue weighted by molar-refractivity contribution is 5.91. The molecule has 1 amide bonds. The van der Waals surface area contributed by atoms with Crippen LogP contribution < -0.4 is 11.1 Å². The predicted molar refractivity (Wildman–Crippen MR) is 65.0 cm³/mol. The van der Waals surface area contributed by atoms with Crippen LogP contribution >= 0.6 is 0 Å². The van der Waals surface area contributed by atoms with Crippen molar-refractivity contribution < 1.29 is 14.1 Å². The van der Waals surface area contributed by atoms with Gasteiger partial charge in [-0.2, -0.15) is 0 Å². The molecule has 2 rings (SSSR count). The fraction of sp³-hybridized carbons (Fsp3) is 0.667. The normalized spacial score (nSPS) is 23.8. The van der Waals surface area contributed by atoms with E-state index in [0.29, 0.717) is 19.2 Å². The fourth-order valence-corrected chi connectivity index (χ4v) is 2.07. The first-order chi connectivity index (χ1) is 8.75. The molecule has 1 saturated carbocycles. The monoisotopic (exact) mass is 253 g/mol. The summed E-state index contributed by atoms with van der Waals surface area (Å²) in [7, 11) is 0. The highest BCUT2D eigenvalue weighted by atomic mass is 16.5. The summed E-state index contributed by atoms with van der Waals surface area (Å²) < 4.78 is 10.4. The van der Waals surface area contributed by atoms with E-state index in [0.717, 1.165) is 25.7 Å². The Labute approximate surface area is 106 Å². The molecule has 0 radical (unpaired) electrons. The maximum absolute atomic E-state index is 11.5. The number of amides is 1. The Kier molecular flexibility index (Phi) is 4.72. The van der Waals surface area contributed by atoms with E-state index < -0.39 is 0 Å². The van der Waals surface area contributed by atoms with E-state index in [1.54, 1.807) is 0 Å². The van der Waals surface area contributed by atoms with Gasteiger partial charge in [-0.1, -0.05) is 5.16 Å². The van der Waals surface area contributed by atoms with E-state index in [2.05, 4.69) is 10.5 Å². The SMILES string of the molecule is NC1CCC(OCCNC(=O)c2ccno2)CC1. The first kappa shape index (κ1) is 13.0. The van der Waals surface area contributed by atoms with E-state index in [-0.39, 0.29) is 17.8 Å². The molecule has 1 aromatic rings. The number of rotatable bonds is 5. The predicted octanol–water partition coefficient (Wildman–Crippen LogP) is 0.691. The molecule has 1 fully saturated rings. The Bertz CT molecular complexity index is 359. The van der Waals surface area contributed by atoms with Crippen molar-refractivity contribution in [1.82, 2.24) is 10.5 Å². The molecule has 0 saturated heterocycles. The van der Waals surface area contributed by atoms with Gasteiger partial charge in [0.25, 0.3) is 5.91 Å². The zero-order valence-electron chi connectivity index (χ0n) is 10.3. The van der Waals surface area contributed by atoms with Crippen molar-refractivity contribution in [3.63, 3.8) is 0 Å². The van der Waals surface area contributed by atoms with Crippen LogP contribution in [0.4, 0.5) is 0 Å². The van der Waals surface area contributed by atoms with Crippen LogP contribution in [0.2, 0.25) is 0 Å². The molecular weight excluding hydrogens is 234 g/mol. The smallest absolute Gasteiger partial charge is 0.289 e. The molecule has 100 valence electrons. The first-order valence-corrected chi connectivity index (χ1v) is 6.32. The molecule has 18 heavy (non-hydrogen) atoms. The molecule has 1 heterocycles. The van der Waals surface area contributed by atoms with Crippen LogP contribution in [0.1, 0.15) is 36.2 Å². The number of nitrogens with zero attached hydrogens (tertiary/aromatic N) is 1. The van der Waals surface area contributed by atoms with Gasteiger partial charge >= 0.3 is 0 Å². The van der Waals surface area contributed by atoms with Gasteiger partial charge in [0.1, 0.15) is 0 Å². The molecule has 1 aliphatic carbocycles. The second-order valence-electron chi connectivity index (χ2n) is 4.54. The highest BCUT2D eigenvalue weighted by Crippen LogP contribution is 2.19. The van der Waals surface area contributed by atoms with Gasteiger partial charge in [0.2, 0.25) is 5.76 Å². The summed E-state index contributed by atoms with van der Waals surface area (Å²) >= 11 is 0. The van der Waals surface area contributed by atoms with Crippen LogP contribution in [0.25, 0.3) is 0 Å². The molecule has 0 spiro atoms. The van der Waals surface area contributed by atoms with Crippen molar-refractivity contribution in [2.45, 2.75) is 37.8 Å². The standard InChI is InChI=1S/C12H19N3O3/c13-9-1-3-10(4-2-9)17-8-7-14-12(16)11-5-6-15-18-11/h5-6,9-10H,1-4,7-8,13H2,(H,14,16). The average Bonchev–Trinajstić information content (AvgIpc) is 2.90. The molecule has 6 heteroatoms. The van der Waals surface area contributed by atoms with Crippen molar-refractivity contribution in [3.8, 4) is 0 Å². The molecule has 3 N–H and O–H groups in total. The van der Waals surface area contributed by atoms with Crippen LogP contribution in [0, 0.1) is 0 Å². The summed E-state index contributed by atoms with van der Waals surface area (Å²) in [4.78, 5) is 11.5. The van der Waals surface area contributed by atoms with Gasteiger partial charge in [-0.15, -0.1) is 0 Å². The zero-order valence-corrected chi connectivity index (χ0v) is 10.3. The van der Waals surface area contributed by atoms with Crippen LogP contribution in [-0.4, -0.2) is 36.4 Å². The number of nitrogens with one attached hydrogen (secondary N) is 1. The fourth-order valence-electron chi connectivity index (χ4n) is 2.07. The Balaban J connectivity index is 1.57. The van der Waals surface area contributed by atoms with Crippen molar-refractivity contribution in [1.29, 1.82) is 0 Å². The molecule has 0 atom stereocenters. The number of hydrogen-bond acceptors (Lipinski definition) is 5. The van der Waals surface area contributed by atoms with Crippen molar-refractivity contribution in [2.75, 3.05) is 13.2 Å². The van der Waals surface area contributed by atoms with Crippen LogP contribution in [0.5, 0.6) is 0 Å². The zero-order chi connectivity index (χ0) is 12.8. The molecule has 1 aliphatic rings. The molecule has 0 aliphatic heterocycles. The largest absolute Gasteiger partial charge is 0.376 e. The Morgan fingerprint density at radius 2 is 2.28 bits per heavy atom. The summed E-state index contributed by atoms with van der Waals surface area (Å²) in [5.41, 5.74) is 5.82. The minimum atomic E-state index is -0.262. The van der Waals surface area contributed by atoms with E-state index in [1.807, 2.05) is 0 Å². The average molecular weight is 253 g/mol. The van der Waals surface area contributed by atoms with Crippen LogP contribution in [0.15, 0.2) is 16.8 Å². The quantitative estimate of drug-likeness (QED) is 0.753. The second-order valence-corrected chi connectivity index (χ2v) is 4.54. The summed E-state index contributed by atoms with van der Waals surface area (Å²) in [5.74, 6) is -0.0413. The third-order valence-corrected chi connectivity index (χ3v) is 3.12. The number of carbonyl (C=O) groups excluding carboxylic acids is 1. The van der Waals surface area contributed by atoms with E-state index >= 15 is 0 Å². The third-order valence-electron chi connectivity index (χ3n) is 3.12. The Hall–Kier alpha value is -1.40. The highest BCUT2D eigenvalue weighted by Gasteiger charge is 2.18. The lowest BCUT2D eigenvalue weighted by Crippen LogP contribution is -2.32. The molecular formula is C12H19N3O3. The van der Waals surface area contributed by atoms with Crippen molar-refractivity contribution in [3.05, 3.63) is 18.0 Å². The van der Waals surface area contributed by atoms with E-state index in [4.69, 9.17) is 15.0 Å². The van der Waals surface area contributed by atoms with Crippen LogP contribution in [-0.2, 0) is 4.74 Å². The minimum Gasteiger partial charge on any atom is -0.376 e. The lowest BCUT2D eigenvalue weighted by atomic mass is 9.94. The Morgan fingerprint density at radius 1 is 1.50 bits per heavy atom. The second kappa shape index (κ2) is 6.51. The van der Waals surface area contributed by atoms with E-state index in [9.17, 15) is 4.79 Å². The molecule has 0 bridgehead atoms. The number of carbonyl (C=O) groups is 1. The van der Waals surface area contributed by atoms with Crippen molar-refractivity contribution >= 4 is 5.91 Å². The molecule has 0 aromatic carbocycles. The van der Waals surface area contributed by atoms with Gasteiger partial charge in [0.15, 0.2) is 0 Å². The van der Waals surface area contributed by atoms with Gasteiger partial charge in [-0.3, -0.25) is 4.79 Å². The van der Waals surface area contributed by atoms with Gasteiger partial charge in [-0.25, -0.2) is 0 Å². The molecule has 0 unspecified atom stereocenters. The lowest BCUT2D eigenvalue weighted by Gasteiger charge is -2.26. The number of aromatic nitrogens is 1. The summed E-state index contributed by atoms with van der Waals surface area (Å²) in [6.07, 6.45) is 5.79. The van der Waals surface area contributed by atoms with Crippen molar-refractivity contribution in [2.24, 2.45) is 5.73 Å². The molecule has 1 aromatic heterocycles. The Morgan fingerprint density at radius 3 is 2.94 bits per heavy atom. The van der Waals surface area contributed by atoms with Gasteiger partial charge < -0.3 is 20.3 Å². The summed E-state index contributed by atoms with van der Waals surface area (Å²) in [6.45, 7) is 0.988. The maximum Gasteiger partial charge on any atom is 0.289 e. The third kappa shape index (κ3) is 3.82. The number of ether oxygens (including phenoxy) is 1. The number of hydrogen-bond donors (Lipinski definition) is 2. The first-order valence-electron chi connectivity index (χ1n) is 6.32. The van der Waals surface area contributed by atoms with Gasteiger partial charge in [0, 0.05) is 18.7 Å². The molecule has 6 nitrogen and oxygen atoms in total. The number of nitrogens with two attached hydrogens (primary N) is 1. The van der Waals surface area contributed by atoms with Gasteiger partial charge in [0.05, 0.1) is 18.9 Å². The van der Waals surface area contributed by atoms with Crippen LogP contribution in [0.3, 0.4) is 0 Å². The topological polar surface area (TPSA) is 90.4 Å². The van der Waals surface area contributed by atoms with Gasteiger partial charge in [-0.05, 0) is 25.7 Å². The van der Waals surface area contributed by atoms with E-state index in [1.165, 1.54) is 12.3 Å². The minimum absolute atomic E-state index is 0.221. The lowest BCUT2D eigenvalue weighted by molar-refractivity contribution is 0.0266. The summed E-state index contributed by atoms with van der Waals surface area (Å²) in [6, 6.07) is 1.86.